The molecule has 0 saturated carbocycles. The molecule has 0 radical (unpaired) electrons. The van der Waals surface area contributed by atoms with Crippen LogP contribution in [0.4, 0.5) is 0 Å². The molecule has 5 heteroatoms. The monoisotopic (exact) mass is 228 g/mol. The van der Waals surface area contributed by atoms with Crippen LogP contribution in [0.1, 0.15) is 22.6 Å². The van der Waals surface area contributed by atoms with Gasteiger partial charge in [0.2, 0.25) is 0 Å². The molecule has 3 rings (SSSR count). The van der Waals surface area contributed by atoms with Crippen molar-refractivity contribution in [3.63, 3.8) is 0 Å². The molecule has 0 unspecified atom stereocenters. The minimum Gasteiger partial charge on any atom is -0.310 e. The van der Waals surface area contributed by atoms with Crippen LogP contribution in [0.5, 0.6) is 0 Å². The second-order valence-corrected chi connectivity index (χ2v) is 4.07. The molecular weight excluding hydrogens is 216 g/mol. The molecule has 1 aliphatic heterocycles. The molecule has 17 heavy (non-hydrogen) atoms. The number of aromatic nitrogens is 3. The maximum Gasteiger partial charge on any atom is 0.255 e. The highest BCUT2D eigenvalue weighted by Crippen LogP contribution is 2.09. The van der Waals surface area contributed by atoms with E-state index in [0.717, 1.165) is 16.8 Å². The number of hydrogen-bond acceptors (Lipinski definition) is 4. The number of aromatic amines is 1. The second kappa shape index (κ2) is 4.10. The third-order valence-electron chi connectivity index (χ3n) is 2.87. The lowest BCUT2D eigenvalue weighted by molar-refractivity contribution is 0.755. The summed E-state index contributed by atoms with van der Waals surface area (Å²) in [7, 11) is 0. The first-order valence-corrected chi connectivity index (χ1v) is 5.53. The molecule has 0 spiro atoms. The van der Waals surface area contributed by atoms with Crippen molar-refractivity contribution in [3.8, 4) is 0 Å². The van der Waals surface area contributed by atoms with Gasteiger partial charge in [-0.05, 0) is 17.7 Å². The summed E-state index contributed by atoms with van der Waals surface area (Å²) in [6, 6.07) is 3.84. The van der Waals surface area contributed by atoms with Crippen LogP contribution in [0.25, 0.3) is 0 Å². The van der Waals surface area contributed by atoms with Gasteiger partial charge in [0, 0.05) is 31.9 Å². The van der Waals surface area contributed by atoms with Crippen LogP contribution < -0.4 is 10.9 Å². The van der Waals surface area contributed by atoms with E-state index in [1.165, 1.54) is 0 Å². The van der Waals surface area contributed by atoms with Gasteiger partial charge in [0.15, 0.2) is 0 Å². The Bertz CT molecular complexity index is 591. The molecule has 0 aliphatic carbocycles. The smallest absolute Gasteiger partial charge is 0.255 e. The molecular formula is C12H12N4O. The zero-order valence-electron chi connectivity index (χ0n) is 9.23. The predicted molar refractivity (Wildman–Crippen MR) is 62.4 cm³/mol. The van der Waals surface area contributed by atoms with Crippen molar-refractivity contribution < 1.29 is 0 Å². The van der Waals surface area contributed by atoms with Gasteiger partial charge >= 0.3 is 0 Å². The SMILES string of the molecule is O=c1[nH]c(Cc2ccncc2)nc2c1CNC2. The summed E-state index contributed by atoms with van der Waals surface area (Å²) in [5.41, 5.74) is 2.71. The Morgan fingerprint density at radius 2 is 2.06 bits per heavy atom. The summed E-state index contributed by atoms with van der Waals surface area (Å²) in [5.74, 6) is 0.712. The normalized spacial score (nSPS) is 13.6. The molecule has 5 nitrogen and oxygen atoms in total. The van der Waals surface area contributed by atoms with Crippen LogP contribution in [0.3, 0.4) is 0 Å². The molecule has 2 aromatic heterocycles. The Balaban J connectivity index is 1.95. The summed E-state index contributed by atoms with van der Waals surface area (Å²) >= 11 is 0. The fourth-order valence-corrected chi connectivity index (χ4v) is 2.01. The number of H-pyrrole nitrogens is 1. The quantitative estimate of drug-likeness (QED) is 0.778. The molecule has 0 saturated heterocycles. The minimum atomic E-state index is -0.0240. The molecule has 2 N–H and O–H groups in total. The average molecular weight is 228 g/mol. The van der Waals surface area contributed by atoms with Gasteiger partial charge in [-0.3, -0.25) is 9.78 Å². The third-order valence-corrected chi connectivity index (χ3v) is 2.87. The number of nitrogens with one attached hydrogen (secondary N) is 2. The van der Waals surface area contributed by atoms with Crippen LogP contribution in [0.2, 0.25) is 0 Å². The van der Waals surface area contributed by atoms with E-state index in [4.69, 9.17) is 0 Å². The number of pyridine rings is 1. The highest BCUT2D eigenvalue weighted by Gasteiger charge is 2.16. The summed E-state index contributed by atoms with van der Waals surface area (Å²) in [6.07, 6.45) is 4.11. The van der Waals surface area contributed by atoms with E-state index in [1.54, 1.807) is 12.4 Å². The molecule has 0 aromatic carbocycles. The molecule has 0 bridgehead atoms. The Labute approximate surface area is 97.9 Å². The van der Waals surface area contributed by atoms with E-state index in [2.05, 4.69) is 20.3 Å². The van der Waals surface area contributed by atoms with Crippen LogP contribution in [-0.2, 0) is 19.5 Å². The molecule has 86 valence electrons. The lowest BCUT2D eigenvalue weighted by Gasteiger charge is -2.03. The number of hydrogen-bond donors (Lipinski definition) is 2. The fourth-order valence-electron chi connectivity index (χ4n) is 2.01. The highest BCUT2D eigenvalue weighted by molar-refractivity contribution is 5.23. The van der Waals surface area contributed by atoms with E-state index in [1.807, 2.05) is 12.1 Å². The highest BCUT2D eigenvalue weighted by atomic mass is 16.1. The van der Waals surface area contributed by atoms with Gasteiger partial charge in [-0.15, -0.1) is 0 Å². The van der Waals surface area contributed by atoms with Crippen molar-refractivity contribution in [1.82, 2.24) is 20.3 Å². The number of rotatable bonds is 2. The van der Waals surface area contributed by atoms with Crippen LogP contribution >= 0.6 is 0 Å². The predicted octanol–water partition coefficient (Wildman–Crippen LogP) is 0.359. The summed E-state index contributed by atoms with van der Waals surface area (Å²) in [6.45, 7) is 1.30. The standard InChI is InChI=1S/C12H12N4O/c17-12-9-6-14-7-10(9)15-11(16-12)5-8-1-3-13-4-2-8/h1-4,14H,5-7H2,(H,15,16,17). The molecule has 1 aliphatic rings. The van der Waals surface area contributed by atoms with Crippen LogP contribution in [-0.4, -0.2) is 15.0 Å². The van der Waals surface area contributed by atoms with E-state index in [0.29, 0.717) is 25.3 Å². The van der Waals surface area contributed by atoms with E-state index < -0.39 is 0 Å². The third kappa shape index (κ3) is 1.97. The lowest BCUT2D eigenvalue weighted by Crippen LogP contribution is -2.17. The van der Waals surface area contributed by atoms with Gasteiger partial charge in [0.1, 0.15) is 5.82 Å². The van der Waals surface area contributed by atoms with Crippen molar-refractivity contribution in [2.75, 3.05) is 0 Å². The van der Waals surface area contributed by atoms with Gasteiger partial charge in [-0.25, -0.2) is 4.98 Å². The van der Waals surface area contributed by atoms with Crippen molar-refractivity contribution in [3.05, 3.63) is 57.5 Å². The van der Waals surface area contributed by atoms with Gasteiger partial charge in [0.05, 0.1) is 11.3 Å². The molecule has 0 amide bonds. The van der Waals surface area contributed by atoms with E-state index in [-0.39, 0.29) is 5.56 Å². The van der Waals surface area contributed by atoms with Gasteiger partial charge in [-0.1, -0.05) is 0 Å². The zero-order chi connectivity index (χ0) is 11.7. The van der Waals surface area contributed by atoms with Crippen molar-refractivity contribution in [2.45, 2.75) is 19.5 Å². The van der Waals surface area contributed by atoms with Crippen molar-refractivity contribution >= 4 is 0 Å². The van der Waals surface area contributed by atoms with Crippen molar-refractivity contribution in [2.24, 2.45) is 0 Å². The Kier molecular flexibility index (Phi) is 2.45. The minimum absolute atomic E-state index is 0.0240. The molecule has 2 aromatic rings. The topological polar surface area (TPSA) is 70.7 Å². The van der Waals surface area contributed by atoms with Crippen LogP contribution in [0, 0.1) is 0 Å². The fraction of sp³-hybridized carbons (Fsp3) is 0.250. The Morgan fingerprint density at radius 1 is 1.24 bits per heavy atom. The van der Waals surface area contributed by atoms with Gasteiger partial charge in [-0.2, -0.15) is 0 Å². The number of nitrogens with zero attached hydrogens (tertiary/aromatic N) is 2. The average Bonchev–Trinajstić information content (AvgIpc) is 2.79. The van der Waals surface area contributed by atoms with Crippen LogP contribution in [0.15, 0.2) is 29.3 Å². The van der Waals surface area contributed by atoms with Crippen molar-refractivity contribution in [1.29, 1.82) is 0 Å². The van der Waals surface area contributed by atoms with E-state index in [9.17, 15) is 4.79 Å². The first-order valence-electron chi connectivity index (χ1n) is 5.53. The molecule has 0 fully saturated rings. The zero-order valence-corrected chi connectivity index (χ0v) is 9.23. The first-order chi connectivity index (χ1) is 8.33. The van der Waals surface area contributed by atoms with E-state index >= 15 is 0 Å². The second-order valence-electron chi connectivity index (χ2n) is 4.07. The Morgan fingerprint density at radius 3 is 2.88 bits per heavy atom. The number of fused-ring (bicyclic) bond motifs is 1. The lowest BCUT2D eigenvalue weighted by atomic mass is 10.2. The molecule has 0 atom stereocenters. The Hall–Kier alpha value is -2.01. The first kappa shape index (κ1) is 10.2. The van der Waals surface area contributed by atoms with Gasteiger partial charge in [0.25, 0.3) is 5.56 Å². The van der Waals surface area contributed by atoms with Gasteiger partial charge < -0.3 is 10.3 Å². The maximum atomic E-state index is 11.8. The summed E-state index contributed by atoms with van der Waals surface area (Å²) in [5, 5.41) is 3.13. The maximum absolute atomic E-state index is 11.8. The summed E-state index contributed by atoms with van der Waals surface area (Å²) < 4.78 is 0. The largest absolute Gasteiger partial charge is 0.310 e. The molecule has 3 heterocycles. The summed E-state index contributed by atoms with van der Waals surface area (Å²) in [4.78, 5) is 23.0.